The number of methoxy groups -OCH3 is 11. The molecule has 0 aliphatic heterocycles. The Morgan fingerprint density at radius 2 is 0.416 bits per heavy atom. The van der Waals surface area contributed by atoms with Gasteiger partial charge in [0.05, 0.1) is 0 Å². The van der Waals surface area contributed by atoms with Crippen LogP contribution in [0.4, 0.5) is 0 Å². The molecule has 782 valence electrons. The van der Waals surface area contributed by atoms with Crippen LogP contribution in [0.25, 0.3) is 0 Å². The second-order valence-electron chi connectivity index (χ2n) is 31.5. The third kappa shape index (κ3) is 106. The molecule has 12 atom stereocenters. The molecule has 0 aromatic heterocycles. The molecule has 0 radical (unpaired) electrons. The van der Waals surface area contributed by atoms with Crippen molar-refractivity contribution in [2.75, 3.05) is 84.8 Å². The van der Waals surface area contributed by atoms with E-state index in [0.29, 0.717) is 38.7 Å². The van der Waals surface area contributed by atoms with Crippen molar-refractivity contribution >= 4 is 57.8 Å². The minimum Gasteiger partial charge on any atom is -0.509 e. The van der Waals surface area contributed by atoms with Crippen LogP contribution in [-0.2, 0) is 365 Å². The monoisotopic (exact) mass is 3260 g/mol. The van der Waals surface area contributed by atoms with E-state index < -0.39 is 65.8 Å². The number of carbonyl (C=O) groups excluding carboxylic acids is 10. The Kier molecular flexibility index (Phi) is 152. The summed E-state index contributed by atoms with van der Waals surface area (Å²) in [6.07, 6.45) is 10.7. The fraction of sp³-hybridized carbons (Fsp3) is 0.684. The Labute approximate surface area is 1010 Å². The summed E-state index contributed by atoms with van der Waals surface area (Å²) in [6.45, 7) is 51.8. The smallest absolute Gasteiger partial charge is 0.187 e. The number of carbonyl (C=O) groups is 10. The quantitative estimate of drug-likeness (QED) is 0.0154. The summed E-state index contributed by atoms with van der Waals surface area (Å²) in [7, 11) is 16.3. The molecule has 0 fully saturated rings. The summed E-state index contributed by atoms with van der Waals surface area (Å²) in [6, 6.07) is 0. The van der Waals surface area contributed by atoms with E-state index in [4.69, 9.17) is 61.9 Å². The van der Waals surface area contributed by atoms with Crippen LogP contribution in [0.3, 0.4) is 0 Å². The van der Waals surface area contributed by atoms with Gasteiger partial charge in [0.1, 0.15) is 131 Å². The minimum absolute atomic E-state index is 0. The first-order valence-electron chi connectivity index (χ1n) is 42.3. The molecule has 0 amide bonds. The molecule has 10 N–H and O–H groups in total. The number of rotatable bonds is 45. The Balaban J connectivity index is -0.0000000612. The molecule has 0 aliphatic carbocycles. The van der Waals surface area contributed by atoms with Crippen molar-refractivity contribution in [3.63, 3.8) is 0 Å². The molecule has 0 bridgehead atoms. The molecular formula is C95H170Hf6O32Zr4. The number of hydrogen-bond acceptors (Lipinski definition) is 32. The average molecular weight is 3260 g/mol. The fourth-order valence-corrected chi connectivity index (χ4v) is 7.11. The van der Waals surface area contributed by atoms with Gasteiger partial charge in [-0.25, -0.2) is 0 Å². The van der Waals surface area contributed by atoms with Gasteiger partial charge in [-0.3, -0.25) is 47.9 Å². The van der Waals surface area contributed by atoms with Crippen LogP contribution < -0.4 is 0 Å². The van der Waals surface area contributed by atoms with Crippen LogP contribution >= 0.6 is 0 Å². The Bertz CT molecular complexity index is 3340. The van der Waals surface area contributed by atoms with Crippen LogP contribution in [0, 0.1) is 34.5 Å². The number of ketones is 10. The standard InChI is InChI=1S/C11H20O3.4C10H18O3.2C9H16O4.2C9H16O3.C8H14O3.6Hf.4Zr/c1-6-9(14-5)8(12)7-10(13)11(2,3)4;1-7(13-5)8(11)6-9(12)10(2,3)4;2*1-5-10(13-4)9(12)6-8(11)7(2)3;1-5-13-8(4)10(12)6-9(11)7(2)3;2*1-6(12-3)8(10)5-9(11)7(2)13-4;1-6(2)8(10)5-9(11)7(3)12-4;1-4-5-8(10)6-9(11)7(2)12-3;1-4-7(9)5-8(10)6(2)11-3;;;;;;;;;;/h7,9,12H,6H2,1-5H3;6-7,11H,1-5H3;2*6-7,10,12H,5H2,1-4H3;6-8,12H,5H2,1-4H3;2*5-7,10H,1-4H3;5-7,11H,1-4H3;6-7,11H,4-5H2,1-3H3;5-6,10H,4H2,1-3H3;;;;;;;;;;. The van der Waals surface area contributed by atoms with Gasteiger partial charge < -0.3 is 108 Å². The van der Waals surface area contributed by atoms with Crippen molar-refractivity contribution < 1.29 is 416 Å². The van der Waals surface area contributed by atoms with Crippen LogP contribution in [-0.4, -0.2) is 267 Å². The Hall–Kier alpha value is 0.373. The Morgan fingerprint density at radius 1 is 0.241 bits per heavy atom. The fourth-order valence-electron chi connectivity index (χ4n) is 7.11. The molecule has 12 unspecified atom stereocenters. The normalized spacial score (nSPS) is 14.2. The summed E-state index contributed by atoms with van der Waals surface area (Å²) in [5.41, 5.74) is -0.915. The SMILES string of the molecule is CCC(=O)C=C(O)C(C)OC.CCC(OC)C(O)=CC(=O)C(C)(C)C.CCC(OC)C(O)=CC(=O)C(C)C.CCC(OC)C(O)=CC(=O)C(C)C.CCCC(=O)C=C(O)C(C)OC.CCOC(C)C(O)=CC(=O)C(C)C.COC(C)C(=O)C=C(O)C(C)OC.COC(C)C(=O)C=C(O)C(C)OC.COC(C)C(O)=CC(=O)C(C)(C)C.COC(C)C(O)=CC(=O)C(C)C.[Hf].[Hf].[Hf].[Hf].[Hf].[Hf].[Zr].[Zr].[Zr].[Zr]. The van der Waals surface area contributed by atoms with Gasteiger partial charge in [0, 0.05) is 453 Å². The molecule has 0 rings (SSSR count). The summed E-state index contributed by atoms with van der Waals surface area (Å²) in [4.78, 5) is 112. The van der Waals surface area contributed by atoms with Gasteiger partial charge in [0.2, 0.25) is 0 Å². The van der Waals surface area contributed by atoms with Crippen LogP contribution in [0.1, 0.15) is 239 Å². The van der Waals surface area contributed by atoms with E-state index in [1.807, 2.05) is 55.4 Å². The zero-order valence-electron chi connectivity index (χ0n) is 89.4. The van der Waals surface area contributed by atoms with Gasteiger partial charge in [-0.1, -0.05) is 132 Å². The maximum Gasteiger partial charge on any atom is 0.187 e. The van der Waals surface area contributed by atoms with Gasteiger partial charge in [0.15, 0.2) is 57.8 Å². The molecule has 0 spiro atoms. The zero-order valence-corrected chi connectivity index (χ0v) is 121. The second kappa shape index (κ2) is 112. The number of allylic oxidation sites excluding steroid dienone is 8. The maximum atomic E-state index is 11.5. The van der Waals surface area contributed by atoms with E-state index in [1.165, 1.54) is 127 Å². The predicted octanol–water partition coefficient (Wildman–Crippen LogP) is 17.9. The molecule has 0 heterocycles. The van der Waals surface area contributed by atoms with Crippen molar-refractivity contribution in [1.82, 2.24) is 0 Å². The van der Waals surface area contributed by atoms with E-state index in [-0.39, 0.29) is 417 Å². The third-order valence-corrected chi connectivity index (χ3v) is 17.4. The van der Waals surface area contributed by atoms with Crippen LogP contribution in [0.2, 0.25) is 0 Å². The van der Waals surface area contributed by atoms with Crippen molar-refractivity contribution in [3.8, 4) is 0 Å². The van der Waals surface area contributed by atoms with Crippen molar-refractivity contribution in [2.24, 2.45) is 34.5 Å². The van der Waals surface area contributed by atoms with Gasteiger partial charge in [-0.15, -0.1) is 0 Å². The van der Waals surface area contributed by atoms with Crippen molar-refractivity contribution in [1.29, 1.82) is 0 Å². The van der Waals surface area contributed by atoms with Gasteiger partial charge >= 0.3 is 0 Å². The van der Waals surface area contributed by atoms with Crippen LogP contribution in [0.5, 0.6) is 0 Å². The number of aliphatic hydroxyl groups excluding tert-OH is 10. The van der Waals surface area contributed by atoms with E-state index in [2.05, 4.69) is 0 Å². The molecule has 0 aromatic carbocycles. The Morgan fingerprint density at radius 3 is 0.591 bits per heavy atom. The second-order valence-corrected chi connectivity index (χ2v) is 31.5. The number of aliphatic hydroxyl groups is 10. The van der Waals surface area contributed by atoms with E-state index >= 15 is 0 Å². The van der Waals surface area contributed by atoms with Gasteiger partial charge in [-0.2, -0.15) is 0 Å². The number of hydrogen-bond donors (Lipinski definition) is 10. The van der Waals surface area contributed by atoms with E-state index in [9.17, 15) is 93.9 Å². The molecule has 42 heteroatoms. The maximum absolute atomic E-state index is 11.5. The number of ether oxygens (including phenoxy) is 12. The topological polar surface area (TPSA) is 484 Å². The average Bonchev–Trinajstić information content (AvgIpc) is 0.879. The summed E-state index contributed by atoms with van der Waals surface area (Å²) in [5.74, 6) is -1.75. The summed E-state index contributed by atoms with van der Waals surface area (Å²) >= 11 is 0. The summed E-state index contributed by atoms with van der Waals surface area (Å²) in [5, 5.41) is 93.4. The first-order chi connectivity index (χ1) is 58.4. The minimum atomic E-state index is -0.536. The molecule has 32 nitrogen and oxygen atoms in total. The first-order valence-corrected chi connectivity index (χ1v) is 42.3. The zero-order chi connectivity index (χ0) is 102. The summed E-state index contributed by atoms with van der Waals surface area (Å²) < 4.78 is 58.5. The first kappa shape index (κ1) is 185. The molecule has 0 aliphatic rings. The molecule has 0 saturated heterocycles. The van der Waals surface area contributed by atoms with Crippen LogP contribution in [0.15, 0.2) is 118 Å². The third-order valence-electron chi connectivity index (χ3n) is 17.4. The molecule has 0 aromatic rings. The van der Waals surface area contributed by atoms with Crippen molar-refractivity contribution in [3.05, 3.63) is 118 Å². The molecule has 137 heavy (non-hydrogen) atoms. The van der Waals surface area contributed by atoms with Crippen molar-refractivity contribution in [2.45, 2.75) is 313 Å². The molecule has 0 saturated carbocycles. The molecular weight excluding hydrogens is 3090 g/mol. The van der Waals surface area contributed by atoms with Gasteiger partial charge in [-0.05, 0) is 94.9 Å². The largest absolute Gasteiger partial charge is 0.509 e. The van der Waals surface area contributed by atoms with Gasteiger partial charge in [0.25, 0.3) is 0 Å². The van der Waals surface area contributed by atoms with E-state index in [0.717, 1.165) is 18.6 Å². The predicted molar refractivity (Wildman–Crippen MR) is 497 cm³/mol. The van der Waals surface area contributed by atoms with E-state index in [1.54, 1.807) is 145 Å².